The van der Waals surface area contributed by atoms with Crippen molar-refractivity contribution in [2.24, 2.45) is 0 Å². The highest BCUT2D eigenvalue weighted by Crippen LogP contribution is 2.21. The summed E-state index contributed by atoms with van der Waals surface area (Å²) in [6.07, 6.45) is 3.60. The van der Waals surface area contributed by atoms with Crippen molar-refractivity contribution in [2.45, 2.75) is 19.3 Å². The van der Waals surface area contributed by atoms with Crippen LogP contribution in [0.4, 0.5) is 0 Å². The fourth-order valence-corrected chi connectivity index (χ4v) is 3.36. The number of methoxy groups -OCH3 is 1. The van der Waals surface area contributed by atoms with E-state index in [2.05, 4.69) is 15.3 Å². The predicted molar refractivity (Wildman–Crippen MR) is 103 cm³/mol. The van der Waals surface area contributed by atoms with E-state index in [1.165, 1.54) is 0 Å². The molecule has 0 saturated carbocycles. The highest BCUT2D eigenvalue weighted by atomic mass is 32.1. The van der Waals surface area contributed by atoms with Gasteiger partial charge in [-0.3, -0.25) is 9.78 Å². The van der Waals surface area contributed by atoms with Gasteiger partial charge in [-0.1, -0.05) is 18.2 Å². The van der Waals surface area contributed by atoms with Crippen LogP contribution in [-0.4, -0.2) is 29.5 Å². The molecule has 0 fully saturated rings. The van der Waals surface area contributed by atoms with Gasteiger partial charge in [-0.25, -0.2) is 4.98 Å². The van der Waals surface area contributed by atoms with Crippen LogP contribution >= 0.6 is 11.3 Å². The predicted octanol–water partition coefficient (Wildman–Crippen LogP) is 3.51. The zero-order valence-electron chi connectivity index (χ0n) is 14.6. The van der Waals surface area contributed by atoms with Crippen molar-refractivity contribution in [1.82, 2.24) is 15.3 Å². The second-order valence-electron chi connectivity index (χ2n) is 5.81. The van der Waals surface area contributed by atoms with Gasteiger partial charge in [0.05, 0.1) is 18.5 Å². The molecular formula is C20H21N3O2S. The Hall–Kier alpha value is -2.73. The third-order valence-corrected chi connectivity index (χ3v) is 4.83. The van der Waals surface area contributed by atoms with Gasteiger partial charge in [0.1, 0.15) is 10.8 Å². The lowest BCUT2D eigenvalue weighted by Gasteiger charge is -2.06. The molecule has 0 saturated heterocycles. The lowest BCUT2D eigenvalue weighted by Crippen LogP contribution is -2.25. The Bertz CT molecular complexity index is 849. The number of pyridine rings is 1. The molecule has 134 valence electrons. The van der Waals surface area contributed by atoms with Crippen molar-refractivity contribution in [1.29, 1.82) is 0 Å². The Labute approximate surface area is 157 Å². The van der Waals surface area contributed by atoms with Crippen LogP contribution in [0, 0.1) is 0 Å². The summed E-state index contributed by atoms with van der Waals surface area (Å²) in [6, 6.07) is 13.6. The Morgan fingerprint density at radius 2 is 2.12 bits per heavy atom. The van der Waals surface area contributed by atoms with Crippen molar-refractivity contribution in [2.75, 3.05) is 13.7 Å². The fourth-order valence-electron chi connectivity index (χ4n) is 2.53. The standard InChI is InChI=1S/C20H21N3O2S/c1-25-17-6-4-5-15(13-17)10-12-22-19(24)9-8-16-14-26-20(23-16)18-7-2-3-11-21-18/h2-7,11,13-14H,8-10,12H2,1H3,(H,22,24). The first kappa shape index (κ1) is 18.1. The number of thiazole rings is 1. The van der Waals surface area contributed by atoms with Gasteiger partial charge in [0.2, 0.25) is 5.91 Å². The lowest BCUT2D eigenvalue weighted by molar-refractivity contribution is -0.121. The molecule has 0 spiro atoms. The molecule has 26 heavy (non-hydrogen) atoms. The van der Waals surface area contributed by atoms with E-state index >= 15 is 0 Å². The number of hydrogen-bond acceptors (Lipinski definition) is 5. The summed E-state index contributed by atoms with van der Waals surface area (Å²) in [6.45, 7) is 0.613. The first-order valence-corrected chi connectivity index (χ1v) is 9.38. The number of benzene rings is 1. The zero-order valence-corrected chi connectivity index (χ0v) is 15.5. The highest BCUT2D eigenvalue weighted by Gasteiger charge is 2.08. The lowest BCUT2D eigenvalue weighted by atomic mass is 10.1. The average molecular weight is 367 g/mol. The molecule has 0 atom stereocenters. The minimum Gasteiger partial charge on any atom is -0.497 e. The SMILES string of the molecule is COc1cccc(CCNC(=O)CCc2csc(-c3ccccn3)n2)c1. The summed E-state index contributed by atoms with van der Waals surface area (Å²) in [4.78, 5) is 20.9. The number of aromatic nitrogens is 2. The molecule has 0 aliphatic carbocycles. The van der Waals surface area contributed by atoms with E-state index in [1.807, 2.05) is 47.8 Å². The van der Waals surface area contributed by atoms with E-state index in [0.717, 1.165) is 34.1 Å². The normalized spacial score (nSPS) is 10.5. The maximum absolute atomic E-state index is 12.0. The van der Waals surface area contributed by atoms with Crippen LogP contribution in [0.5, 0.6) is 5.75 Å². The largest absolute Gasteiger partial charge is 0.497 e. The van der Waals surface area contributed by atoms with Crippen LogP contribution in [0.25, 0.3) is 10.7 Å². The minimum atomic E-state index is 0.0419. The molecule has 0 aliphatic heterocycles. The van der Waals surface area contributed by atoms with Crippen LogP contribution in [0.1, 0.15) is 17.7 Å². The van der Waals surface area contributed by atoms with Gasteiger partial charge in [0, 0.05) is 24.5 Å². The molecule has 0 bridgehead atoms. The van der Waals surface area contributed by atoms with Crippen molar-refractivity contribution >= 4 is 17.2 Å². The molecule has 0 unspecified atom stereocenters. The molecule has 5 nitrogen and oxygen atoms in total. The van der Waals surface area contributed by atoms with Crippen molar-refractivity contribution < 1.29 is 9.53 Å². The molecule has 6 heteroatoms. The third-order valence-electron chi connectivity index (χ3n) is 3.91. The van der Waals surface area contributed by atoms with Crippen LogP contribution in [0.3, 0.4) is 0 Å². The molecule has 2 aromatic heterocycles. The van der Waals surface area contributed by atoms with Crippen molar-refractivity contribution in [3.8, 4) is 16.5 Å². The molecule has 0 aliphatic rings. The first-order valence-electron chi connectivity index (χ1n) is 8.50. The second kappa shape index (κ2) is 9.10. The number of rotatable bonds is 8. The van der Waals surface area contributed by atoms with Gasteiger partial charge in [0.25, 0.3) is 0 Å². The topological polar surface area (TPSA) is 64.1 Å². The van der Waals surface area contributed by atoms with Crippen LogP contribution in [0.15, 0.2) is 54.0 Å². The van der Waals surface area contributed by atoms with E-state index in [0.29, 0.717) is 19.4 Å². The Morgan fingerprint density at radius 1 is 1.19 bits per heavy atom. The third kappa shape index (κ3) is 5.13. The Morgan fingerprint density at radius 3 is 2.92 bits per heavy atom. The number of nitrogens with one attached hydrogen (secondary N) is 1. The molecule has 1 amide bonds. The summed E-state index contributed by atoms with van der Waals surface area (Å²) in [5, 5.41) is 5.84. The summed E-state index contributed by atoms with van der Waals surface area (Å²) in [5.74, 6) is 0.876. The molecule has 3 aromatic rings. The van der Waals surface area contributed by atoms with Crippen molar-refractivity contribution in [3.05, 3.63) is 65.3 Å². The van der Waals surface area contributed by atoms with E-state index in [-0.39, 0.29) is 5.91 Å². The molecule has 0 radical (unpaired) electrons. The number of nitrogens with zero attached hydrogens (tertiary/aromatic N) is 2. The molecular weight excluding hydrogens is 346 g/mol. The number of amides is 1. The van der Waals surface area contributed by atoms with Gasteiger partial charge in [-0.05, 0) is 42.7 Å². The second-order valence-corrected chi connectivity index (χ2v) is 6.67. The number of carbonyl (C=O) groups excluding carboxylic acids is 1. The van der Waals surface area contributed by atoms with E-state index in [1.54, 1.807) is 24.6 Å². The zero-order chi connectivity index (χ0) is 18.2. The van der Waals surface area contributed by atoms with Gasteiger partial charge in [-0.15, -0.1) is 11.3 Å². The van der Waals surface area contributed by atoms with Crippen molar-refractivity contribution in [3.63, 3.8) is 0 Å². The van der Waals surface area contributed by atoms with Gasteiger partial charge < -0.3 is 10.1 Å². The molecule has 1 N–H and O–H groups in total. The van der Waals surface area contributed by atoms with Crippen LogP contribution in [-0.2, 0) is 17.6 Å². The van der Waals surface area contributed by atoms with E-state index < -0.39 is 0 Å². The molecule has 3 rings (SSSR count). The quantitative estimate of drug-likeness (QED) is 0.662. The Kier molecular flexibility index (Phi) is 6.33. The Balaban J connectivity index is 1.42. The van der Waals surface area contributed by atoms with Gasteiger partial charge in [0.15, 0.2) is 0 Å². The van der Waals surface area contributed by atoms with Gasteiger partial charge >= 0.3 is 0 Å². The maximum atomic E-state index is 12.0. The highest BCUT2D eigenvalue weighted by molar-refractivity contribution is 7.13. The maximum Gasteiger partial charge on any atom is 0.220 e. The average Bonchev–Trinajstić information content (AvgIpc) is 3.16. The smallest absolute Gasteiger partial charge is 0.220 e. The number of carbonyl (C=O) groups is 1. The van der Waals surface area contributed by atoms with E-state index in [9.17, 15) is 4.79 Å². The van der Waals surface area contributed by atoms with Crippen LogP contribution < -0.4 is 10.1 Å². The van der Waals surface area contributed by atoms with Crippen LogP contribution in [0.2, 0.25) is 0 Å². The molecule has 1 aromatic carbocycles. The minimum absolute atomic E-state index is 0.0419. The molecule has 2 heterocycles. The monoisotopic (exact) mass is 367 g/mol. The number of hydrogen-bond donors (Lipinski definition) is 1. The summed E-state index contributed by atoms with van der Waals surface area (Å²) < 4.78 is 5.21. The fraction of sp³-hybridized carbons (Fsp3) is 0.250. The summed E-state index contributed by atoms with van der Waals surface area (Å²) in [5.41, 5.74) is 2.94. The summed E-state index contributed by atoms with van der Waals surface area (Å²) in [7, 11) is 1.65. The number of ether oxygens (including phenoxy) is 1. The summed E-state index contributed by atoms with van der Waals surface area (Å²) >= 11 is 1.56. The van der Waals surface area contributed by atoms with E-state index in [4.69, 9.17) is 4.74 Å². The number of aryl methyl sites for hydroxylation is 1. The first-order chi connectivity index (χ1) is 12.7. The van der Waals surface area contributed by atoms with Gasteiger partial charge in [-0.2, -0.15) is 0 Å².